The Balaban J connectivity index is 2.19. The predicted molar refractivity (Wildman–Crippen MR) is 76.2 cm³/mol. The monoisotopic (exact) mass is 308 g/mol. The van der Waals surface area contributed by atoms with E-state index in [1.54, 1.807) is 7.11 Å². The normalized spacial score (nSPS) is 40.8. The van der Waals surface area contributed by atoms with Crippen LogP contribution in [0.25, 0.3) is 0 Å². The van der Waals surface area contributed by atoms with E-state index < -0.39 is 18.2 Å². The van der Waals surface area contributed by atoms with E-state index in [-0.39, 0.29) is 18.3 Å². The van der Waals surface area contributed by atoms with Crippen LogP contribution in [0.4, 0.5) is 0 Å². The molecule has 0 bridgehead atoms. The molecule has 0 N–H and O–H groups in total. The van der Waals surface area contributed by atoms with E-state index in [4.69, 9.17) is 35.9 Å². The Bertz CT molecular complexity index is 349. The third kappa shape index (κ3) is 3.22. The van der Waals surface area contributed by atoms with Gasteiger partial charge in [0, 0.05) is 7.11 Å². The lowest BCUT2D eigenvalue weighted by atomic mass is 10.00. The SMILES string of the molecule is CO[C@H]1O[C@H](C)[C@@H]2OC(C)(C)O[C@@H]2[C@@H]1OC(=S)SC. The van der Waals surface area contributed by atoms with Crippen molar-refractivity contribution in [1.82, 2.24) is 0 Å². The number of fused-ring (bicyclic) bond motifs is 1. The highest BCUT2D eigenvalue weighted by Crippen LogP contribution is 2.38. The van der Waals surface area contributed by atoms with Crippen molar-refractivity contribution < 1.29 is 23.7 Å². The average molecular weight is 308 g/mol. The van der Waals surface area contributed by atoms with Gasteiger partial charge in [0.05, 0.1) is 6.10 Å². The van der Waals surface area contributed by atoms with Gasteiger partial charge in [-0.3, -0.25) is 0 Å². The van der Waals surface area contributed by atoms with Crippen LogP contribution in [0, 0.1) is 0 Å². The summed E-state index contributed by atoms with van der Waals surface area (Å²) in [5.74, 6) is -0.655. The van der Waals surface area contributed by atoms with Gasteiger partial charge in [-0.25, -0.2) is 0 Å². The van der Waals surface area contributed by atoms with Crippen LogP contribution in [-0.2, 0) is 23.7 Å². The minimum atomic E-state index is -0.655. The molecule has 0 aromatic heterocycles. The molecule has 2 fully saturated rings. The third-order valence-electron chi connectivity index (χ3n) is 3.20. The van der Waals surface area contributed by atoms with E-state index in [2.05, 4.69) is 0 Å². The molecule has 110 valence electrons. The van der Waals surface area contributed by atoms with Crippen molar-refractivity contribution in [3.63, 3.8) is 0 Å². The van der Waals surface area contributed by atoms with E-state index in [1.807, 2.05) is 27.0 Å². The van der Waals surface area contributed by atoms with Gasteiger partial charge in [0.2, 0.25) is 4.38 Å². The highest BCUT2D eigenvalue weighted by atomic mass is 32.2. The molecule has 0 spiro atoms. The van der Waals surface area contributed by atoms with Crippen molar-refractivity contribution >= 4 is 28.4 Å². The second-order valence-electron chi connectivity index (χ2n) is 5.05. The van der Waals surface area contributed by atoms with Crippen molar-refractivity contribution in [2.45, 2.75) is 57.3 Å². The summed E-state index contributed by atoms with van der Waals surface area (Å²) >= 11 is 6.48. The van der Waals surface area contributed by atoms with Gasteiger partial charge < -0.3 is 23.7 Å². The number of hydrogen-bond donors (Lipinski definition) is 0. The first-order chi connectivity index (χ1) is 8.88. The Kier molecular flexibility index (Phi) is 4.75. The van der Waals surface area contributed by atoms with Crippen LogP contribution < -0.4 is 0 Å². The Morgan fingerprint density at radius 2 is 1.89 bits per heavy atom. The molecule has 0 aromatic carbocycles. The van der Waals surface area contributed by atoms with E-state index in [0.29, 0.717) is 4.38 Å². The smallest absolute Gasteiger partial charge is 0.220 e. The van der Waals surface area contributed by atoms with Crippen molar-refractivity contribution in [2.75, 3.05) is 13.4 Å². The molecule has 7 heteroatoms. The molecule has 19 heavy (non-hydrogen) atoms. The van der Waals surface area contributed by atoms with Gasteiger partial charge in [-0.15, -0.1) is 0 Å². The molecule has 0 radical (unpaired) electrons. The summed E-state index contributed by atoms with van der Waals surface area (Å²) in [5, 5.41) is 0. The molecule has 0 amide bonds. The van der Waals surface area contributed by atoms with E-state index in [9.17, 15) is 0 Å². The third-order valence-corrected chi connectivity index (χ3v) is 4.22. The van der Waals surface area contributed by atoms with E-state index in [0.717, 1.165) is 0 Å². The summed E-state index contributed by atoms with van der Waals surface area (Å²) in [5.41, 5.74) is 0. The molecule has 0 unspecified atom stereocenters. The zero-order valence-electron chi connectivity index (χ0n) is 11.7. The van der Waals surface area contributed by atoms with E-state index >= 15 is 0 Å². The van der Waals surface area contributed by atoms with Gasteiger partial charge in [0.15, 0.2) is 18.2 Å². The average Bonchev–Trinajstić information content (AvgIpc) is 2.68. The Hall–Kier alpha value is 0.0800. The van der Waals surface area contributed by atoms with Gasteiger partial charge in [-0.1, -0.05) is 11.8 Å². The van der Waals surface area contributed by atoms with Crippen LogP contribution in [0.15, 0.2) is 0 Å². The summed E-state index contributed by atoms with van der Waals surface area (Å²) in [7, 11) is 1.58. The van der Waals surface area contributed by atoms with Crippen LogP contribution in [-0.4, -0.2) is 54.2 Å². The molecule has 2 heterocycles. The topological polar surface area (TPSA) is 46.2 Å². The second kappa shape index (κ2) is 5.83. The number of thioether (sulfide) groups is 1. The molecule has 2 rings (SSSR count). The first-order valence-corrected chi connectivity index (χ1v) is 7.80. The van der Waals surface area contributed by atoms with Gasteiger partial charge in [-0.05, 0) is 39.2 Å². The largest absolute Gasteiger partial charge is 0.467 e. The first-order valence-electron chi connectivity index (χ1n) is 6.16. The molecule has 2 aliphatic rings. The maximum absolute atomic E-state index is 5.94. The van der Waals surface area contributed by atoms with Gasteiger partial charge >= 0.3 is 0 Å². The highest BCUT2D eigenvalue weighted by Gasteiger charge is 2.55. The van der Waals surface area contributed by atoms with Crippen LogP contribution >= 0.6 is 24.0 Å². The molecule has 2 aliphatic heterocycles. The maximum Gasteiger partial charge on any atom is 0.220 e. The molecular weight excluding hydrogens is 288 g/mol. The van der Waals surface area contributed by atoms with Gasteiger partial charge in [0.25, 0.3) is 0 Å². The number of rotatable bonds is 2. The lowest BCUT2D eigenvalue weighted by Crippen LogP contribution is -2.57. The van der Waals surface area contributed by atoms with Gasteiger partial charge in [0.1, 0.15) is 12.2 Å². The maximum atomic E-state index is 5.94. The van der Waals surface area contributed by atoms with Crippen LogP contribution in [0.3, 0.4) is 0 Å². The zero-order valence-corrected chi connectivity index (χ0v) is 13.4. The van der Waals surface area contributed by atoms with E-state index in [1.165, 1.54) is 11.8 Å². The lowest BCUT2D eigenvalue weighted by Gasteiger charge is -2.40. The number of thiocarbonyl (C=S) groups is 1. The lowest BCUT2D eigenvalue weighted by molar-refractivity contribution is -0.260. The van der Waals surface area contributed by atoms with Crippen molar-refractivity contribution in [2.24, 2.45) is 0 Å². The summed E-state index contributed by atoms with van der Waals surface area (Å²) < 4.78 is 29.1. The van der Waals surface area contributed by atoms with Crippen molar-refractivity contribution in [1.29, 1.82) is 0 Å². The predicted octanol–water partition coefficient (Wildman–Crippen LogP) is 1.93. The molecule has 0 aliphatic carbocycles. The molecule has 0 saturated carbocycles. The zero-order chi connectivity index (χ0) is 14.2. The quantitative estimate of drug-likeness (QED) is 0.722. The second-order valence-corrected chi connectivity index (χ2v) is 6.45. The van der Waals surface area contributed by atoms with Crippen LogP contribution in [0.1, 0.15) is 20.8 Å². The molecule has 2 saturated heterocycles. The fourth-order valence-electron chi connectivity index (χ4n) is 2.43. The summed E-state index contributed by atoms with van der Waals surface area (Å²) in [4.78, 5) is 0. The number of methoxy groups -OCH3 is 1. The first kappa shape index (κ1) is 15.5. The molecule has 5 atom stereocenters. The van der Waals surface area contributed by atoms with Crippen LogP contribution in [0.2, 0.25) is 0 Å². The molecule has 0 aromatic rings. The summed E-state index contributed by atoms with van der Waals surface area (Å²) in [6.45, 7) is 5.70. The molecular formula is C12H20O5S2. The standard InChI is InChI=1S/C12H20O5S2/c1-6-7-8(17-12(2,3)16-7)9(10(13-4)14-6)15-11(18)19-5/h6-10H,1-5H3/t6-,7+,8+,9+,10+/m1/s1. The Morgan fingerprint density at radius 1 is 1.26 bits per heavy atom. The van der Waals surface area contributed by atoms with Crippen molar-refractivity contribution in [3.8, 4) is 0 Å². The minimum absolute atomic E-state index is 0.126. The van der Waals surface area contributed by atoms with Crippen LogP contribution in [0.5, 0.6) is 0 Å². The van der Waals surface area contributed by atoms with Crippen molar-refractivity contribution in [3.05, 3.63) is 0 Å². The molecule has 5 nitrogen and oxygen atoms in total. The summed E-state index contributed by atoms with van der Waals surface area (Å²) in [6, 6.07) is 0. The summed E-state index contributed by atoms with van der Waals surface area (Å²) in [6.07, 6.45) is 0.361. The minimum Gasteiger partial charge on any atom is -0.467 e. The number of ether oxygens (including phenoxy) is 5. The Morgan fingerprint density at radius 3 is 2.47 bits per heavy atom. The Labute approximate surface area is 123 Å². The van der Waals surface area contributed by atoms with Gasteiger partial charge in [-0.2, -0.15) is 0 Å². The fraction of sp³-hybridized carbons (Fsp3) is 0.917. The fourth-order valence-corrected chi connectivity index (χ4v) is 2.75. The highest BCUT2D eigenvalue weighted by molar-refractivity contribution is 8.22. The number of hydrogen-bond acceptors (Lipinski definition) is 7.